The fraction of sp³-hybridized carbons (Fsp3) is 1.00. The second-order valence-corrected chi connectivity index (χ2v) is 22.6. The van der Waals surface area contributed by atoms with E-state index < -0.39 is 10.5 Å². The molecule has 0 spiro atoms. The normalized spacial score (nSPS) is 48.6. The summed E-state index contributed by atoms with van der Waals surface area (Å²) in [6, 6.07) is 0. The summed E-state index contributed by atoms with van der Waals surface area (Å²) in [4.78, 5) is 0. The summed E-state index contributed by atoms with van der Waals surface area (Å²) < 4.78 is 0. The summed E-state index contributed by atoms with van der Waals surface area (Å²) in [7, 11) is 15.7. The van der Waals surface area contributed by atoms with E-state index in [-0.39, 0.29) is 0 Å². The van der Waals surface area contributed by atoms with Crippen LogP contribution in [-0.2, 0) is 0 Å². The molecule has 4 fully saturated rings. The van der Waals surface area contributed by atoms with Gasteiger partial charge in [0, 0.05) is 0 Å². The Balaban J connectivity index is 1.81. The SMILES string of the molecule is [Cl][Ge]([Cl])([Cl])[CH2]C12CC3CC(CC(C3)C1)C2. The van der Waals surface area contributed by atoms with Gasteiger partial charge in [0.1, 0.15) is 0 Å². The van der Waals surface area contributed by atoms with Crippen LogP contribution in [0, 0.1) is 23.2 Å². The molecule has 0 aromatic heterocycles. The molecule has 0 amide bonds. The summed E-state index contributed by atoms with van der Waals surface area (Å²) in [6.45, 7) is 0. The zero-order chi connectivity index (χ0) is 10.7. The van der Waals surface area contributed by atoms with Crippen molar-refractivity contribution in [3.8, 4) is 0 Å². The van der Waals surface area contributed by atoms with Crippen LogP contribution in [0.2, 0.25) is 5.25 Å². The van der Waals surface area contributed by atoms with Crippen molar-refractivity contribution in [2.45, 2.75) is 43.8 Å². The van der Waals surface area contributed by atoms with E-state index >= 15 is 0 Å². The van der Waals surface area contributed by atoms with Gasteiger partial charge in [0.15, 0.2) is 0 Å². The summed E-state index contributed by atoms with van der Waals surface area (Å²) in [6.07, 6.45) is 8.55. The van der Waals surface area contributed by atoms with Gasteiger partial charge in [-0.05, 0) is 0 Å². The van der Waals surface area contributed by atoms with E-state index in [1.807, 2.05) is 0 Å². The van der Waals surface area contributed by atoms with Gasteiger partial charge in [-0.15, -0.1) is 0 Å². The van der Waals surface area contributed by atoms with Crippen LogP contribution < -0.4 is 0 Å². The molecule has 4 rings (SSSR count). The van der Waals surface area contributed by atoms with Crippen molar-refractivity contribution in [2.24, 2.45) is 23.2 Å². The Hall–Kier alpha value is 1.41. The van der Waals surface area contributed by atoms with E-state index in [9.17, 15) is 0 Å². The van der Waals surface area contributed by atoms with Crippen molar-refractivity contribution in [1.29, 1.82) is 0 Å². The van der Waals surface area contributed by atoms with Crippen molar-refractivity contribution in [3.63, 3.8) is 0 Å². The molecule has 0 aromatic rings. The van der Waals surface area contributed by atoms with Gasteiger partial charge in [0.05, 0.1) is 0 Å². The minimum atomic E-state index is -2.91. The van der Waals surface area contributed by atoms with Crippen LogP contribution in [0.3, 0.4) is 0 Å². The van der Waals surface area contributed by atoms with Crippen LogP contribution >= 0.6 is 30.0 Å². The molecule has 0 N–H and O–H groups in total. The molecule has 0 saturated heterocycles. The van der Waals surface area contributed by atoms with Crippen LogP contribution in [0.4, 0.5) is 0 Å². The molecule has 0 atom stereocenters. The molecule has 15 heavy (non-hydrogen) atoms. The predicted octanol–water partition coefficient (Wildman–Crippen LogP) is 4.86. The Bertz CT molecular complexity index is 236. The fourth-order valence-electron chi connectivity index (χ4n) is 4.93. The van der Waals surface area contributed by atoms with Crippen molar-refractivity contribution in [1.82, 2.24) is 0 Å². The van der Waals surface area contributed by atoms with Crippen molar-refractivity contribution in [2.75, 3.05) is 0 Å². The maximum atomic E-state index is 6.19. The van der Waals surface area contributed by atoms with Gasteiger partial charge in [-0.2, -0.15) is 0 Å². The van der Waals surface area contributed by atoms with E-state index in [1.54, 1.807) is 0 Å². The quantitative estimate of drug-likeness (QED) is 0.635. The molecule has 0 aliphatic heterocycles. The third-order valence-electron chi connectivity index (χ3n) is 4.74. The number of halogens is 3. The summed E-state index contributed by atoms with van der Waals surface area (Å²) >= 11 is 0. The third kappa shape index (κ3) is 2.34. The molecular formula is C11H17Cl3Ge. The molecule has 86 valence electrons. The molecule has 0 unspecified atom stereocenters. The van der Waals surface area contributed by atoms with Crippen LogP contribution in [-0.4, -0.2) is 10.5 Å². The van der Waals surface area contributed by atoms with Crippen molar-refractivity contribution in [3.05, 3.63) is 0 Å². The van der Waals surface area contributed by atoms with Gasteiger partial charge in [0.2, 0.25) is 0 Å². The van der Waals surface area contributed by atoms with Crippen LogP contribution in [0.5, 0.6) is 0 Å². The molecule has 0 radical (unpaired) electrons. The van der Waals surface area contributed by atoms with Gasteiger partial charge in [-0.3, -0.25) is 0 Å². The first-order chi connectivity index (χ1) is 6.94. The minimum absolute atomic E-state index is 0.472. The first-order valence-electron chi connectivity index (χ1n) is 6.01. The second kappa shape index (κ2) is 3.70. The van der Waals surface area contributed by atoms with Gasteiger partial charge in [-0.1, -0.05) is 0 Å². The van der Waals surface area contributed by atoms with Crippen LogP contribution in [0.15, 0.2) is 0 Å². The standard InChI is InChI=1S/C11H17Cl3Ge/c12-15(13,14)7-11-4-8-1-9(5-11)3-10(2-8)6-11/h8-10H,1-7H2. The van der Waals surface area contributed by atoms with Crippen molar-refractivity contribution >= 4 is 40.5 Å². The average molecular weight is 328 g/mol. The van der Waals surface area contributed by atoms with E-state index in [0.29, 0.717) is 5.41 Å². The average Bonchev–Trinajstić information content (AvgIpc) is 1.94. The summed E-state index contributed by atoms with van der Waals surface area (Å²) in [5.74, 6) is 2.93. The Morgan fingerprint density at radius 3 is 1.60 bits per heavy atom. The predicted molar refractivity (Wildman–Crippen MR) is 68.7 cm³/mol. The molecule has 4 aliphatic carbocycles. The second-order valence-electron chi connectivity index (χ2n) is 6.21. The van der Waals surface area contributed by atoms with Crippen LogP contribution in [0.25, 0.3) is 0 Å². The molecule has 0 nitrogen and oxygen atoms in total. The first kappa shape index (κ1) is 11.5. The van der Waals surface area contributed by atoms with Crippen molar-refractivity contribution < 1.29 is 0 Å². The zero-order valence-electron chi connectivity index (χ0n) is 8.82. The molecule has 4 heteroatoms. The Morgan fingerprint density at radius 1 is 0.867 bits per heavy atom. The van der Waals surface area contributed by atoms with E-state index in [2.05, 4.69) is 0 Å². The van der Waals surface area contributed by atoms with Crippen LogP contribution in [0.1, 0.15) is 38.5 Å². The van der Waals surface area contributed by atoms with Gasteiger partial charge in [0.25, 0.3) is 0 Å². The van der Waals surface area contributed by atoms with Gasteiger partial charge in [-0.25, -0.2) is 0 Å². The molecule has 4 aliphatic rings. The van der Waals surface area contributed by atoms with E-state index in [1.165, 1.54) is 38.5 Å². The Kier molecular flexibility index (Phi) is 2.84. The topological polar surface area (TPSA) is 0 Å². The summed E-state index contributed by atoms with van der Waals surface area (Å²) in [5, 5.41) is 0.973. The number of hydrogen-bond donors (Lipinski definition) is 0. The molecule has 4 saturated carbocycles. The number of rotatable bonds is 2. The summed E-state index contributed by atoms with van der Waals surface area (Å²) in [5.41, 5.74) is 0.472. The molecular weight excluding hydrogens is 311 g/mol. The first-order valence-corrected chi connectivity index (χ1v) is 15.8. The van der Waals surface area contributed by atoms with E-state index in [4.69, 9.17) is 30.0 Å². The Morgan fingerprint density at radius 2 is 1.27 bits per heavy atom. The molecule has 0 heterocycles. The maximum absolute atomic E-state index is 6.19. The molecule has 0 aromatic carbocycles. The van der Waals surface area contributed by atoms with Gasteiger partial charge < -0.3 is 0 Å². The Labute approximate surface area is 107 Å². The fourth-order valence-corrected chi connectivity index (χ4v) is 12.0. The zero-order valence-corrected chi connectivity index (χ0v) is 13.2. The van der Waals surface area contributed by atoms with E-state index in [0.717, 1.165) is 23.0 Å². The van der Waals surface area contributed by atoms with Gasteiger partial charge >= 0.3 is 107 Å². The monoisotopic (exact) mass is 328 g/mol. The third-order valence-corrected chi connectivity index (χ3v) is 9.24. The molecule has 4 bridgehead atoms. The number of hydrogen-bond acceptors (Lipinski definition) is 0.